The van der Waals surface area contributed by atoms with Crippen LogP contribution in [0.25, 0.3) is 6.08 Å². The van der Waals surface area contributed by atoms with Gasteiger partial charge < -0.3 is 14.2 Å². The van der Waals surface area contributed by atoms with Crippen molar-refractivity contribution >= 4 is 27.8 Å². The number of hydrogen-bond donors (Lipinski definition) is 0. The van der Waals surface area contributed by atoms with Gasteiger partial charge in [0.15, 0.2) is 11.5 Å². The fraction of sp³-hybridized carbons (Fsp3) is 0.111. The summed E-state index contributed by atoms with van der Waals surface area (Å²) in [6, 6.07) is 12.1. The molecule has 0 saturated heterocycles. The summed E-state index contributed by atoms with van der Waals surface area (Å²) in [6.07, 6.45) is 1.53. The highest BCUT2D eigenvalue weighted by Gasteiger charge is 2.18. The second kappa shape index (κ2) is 6.77. The number of carbonyl (C=O) groups excluding carboxylic acids is 1. The zero-order chi connectivity index (χ0) is 17.1. The molecule has 0 saturated carbocycles. The summed E-state index contributed by atoms with van der Waals surface area (Å²) < 4.78 is 16.4. The highest BCUT2D eigenvalue weighted by Crippen LogP contribution is 2.40. The maximum absolute atomic E-state index is 12.5. The Kier molecular flexibility index (Phi) is 4.54. The molecule has 0 aliphatic carbocycles. The number of fused-ring (bicyclic) bond motifs is 1. The van der Waals surface area contributed by atoms with Gasteiger partial charge in [-0.15, -0.1) is 0 Å². The van der Waals surface area contributed by atoms with Gasteiger partial charge in [0.2, 0.25) is 12.6 Å². The molecule has 2 aromatic rings. The number of carbonyl (C=O) groups is 1. The van der Waals surface area contributed by atoms with Crippen LogP contribution in [0.3, 0.4) is 0 Å². The third kappa shape index (κ3) is 3.12. The van der Waals surface area contributed by atoms with Crippen LogP contribution in [-0.4, -0.2) is 19.7 Å². The number of benzene rings is 2. The van der Waals surface area contributed by atoms with E-state index in [9.17, 15) is 10.1 Å². The first-order valence-corrected chi connectivity index (χ1v) is 7.81. The molecular formula is C18H12BrNO4. The Morgan fingerprint density at radius 2 is 2.04 bits per heavy atom. The minimum atomic E-state index is -0.353. The minimum Gasteiger partial charge on any atom is -0.497 e. The van der Waals surface area contributed by atoms with E-state index in [4.69, 9.17) is 14.2 Å². The predicted molar refractivity (Wildman–Crippen MR) is 91.2 cm³/mol. The molecule has 1 aliphatic heterocycles. The molecule has 0 aromatic heterocycles. The van der Waals surface area contributed by atoms with Gasteiger partial charge in [0, 0.05) is 5.56 Å². The van der Waals surface area contributed by atoms with Crippen molar-refractivity contribution in [1.82, 2.24) is 0 Å². The van der Waals surface area contributed by atoms with Gasteiger partial charge in [0.1, 0.15) is 17.4 Å². The standard InChI is InChI=1S/C18H12BrNO4/c1-22-14-4-2-12(3-5-14)17(21)13(9-20)6-11-7-15(19)18-16(8-11)23-10-24-18/h2-8H,10H2,1H3/b13-6+. The second-order valence-electron chi connectivity index (χ2n) is 4.96. The summed E-state index contributed by atoms with van der Waals surface area (Å²) in [7, 11) is 1.55. The molecular weight excluding hydrogens is 374 g/mol. The van der Waals surface area contributed by atoms with Crippen molar-refractivity contribution in [1.29, 1.82) is 5.26 Å². The van der Waals surface area contributed by atoms with Crippen LogP contribution in [0.15, 0.2) is 46.4 Å². The molecule has 0 radical (unpaired) electrons. The summed E-state index contributed by atoms with van der Waals surface area (Å²) in [5, 5.41) is 9.35. The molecule has 0 spiro atoms. The zero-order valence-corrected chi connectivity index (χ0v) is 14.3. The monoisotopic (exact) mass is 385 g/mol. The number of allylic oxidation sites excluding steroid dienone is 1. The molecule has 1 heterocycles. The molecule has 1 aliphatic rings. The van der Waals surface area contributed by atoms with Crippen LogP contribution in [0, 0.1) is 11.3 Å². The molecule has 0 unspecified atom stereocenters. The summed E-state index contributed by atoms with van der Waals surface area (Å²) in [6.45, 7) is 0.150. The lowest BCUT2D eigenvalue weighted by atomic mass is 10.0. The number of hydrogen-bond acceptors (Lipinski definition) is 5. The van der Waals surface area contributed by atoms with Crippen LogP contribution >= 0.6 is 15.9 Å². The Balaban J connectivity index is 1.93. The van der Waals surface area contributed by atoms with Gasteiger partial charge in [-0.3, -0.25) is 4.79 Å². The van der Waals surface area contributed by atoms with E-state index in [1.807, 2.05) is 6.07 Å². The minimum absolute atomic E-state index is 0.0333. The molecule has 2 aromatic carbocycles. The van der Waals surface area contributed by atoms with Crippen molar-refractivity contribution in [3.8, 4) is 23.3 Å². The number of ketones is 1. The highest BCUT2D eigenvalue weighted by atomic mass is 79.9. The van der Waals surface area contributed by atoms with Gasteiger partial charge in [0.05, 0.1) is 11.6 Å². The molecule has 6 heteroatoms. The fourth-order valence-corrected chi connectivity index (χ4v) is 2.86. The maximum Gasteiger partial charge on any atom is 0.231 e. The molecule has 0 atom stereocenters. The largest absolute Gasteiger partial charge is 0.497 e. The van der Waals surface area contributed by atoms with Gasteiger partial charge in [-0.1, -0.05) is 0 Å². The molecule has 3 rings (SSSR count). The summed E-state index contributed by atoms with van der Waals surface area (Å²) in [5.74, 6) is 1.49. The van der Waals surface area contributed by atoms with E-state index in [-0.39, 0.29) is 18.1 Å². The Labute approximate surface area is 147 Å². The van der Waals surface area contributed by atoms with Crippen LogP contribution in [-0.2, 0) is 0 Å². The van der Waals surface area contributed by atoms with Gasteiger partial charge in [-0.25, -0.2) is 0 Å². The van der Waals surface area contributed by atoms with Gasteiger partial charge in [-0.05, 0) is 64.0 Å². The molecule has 120 valence electrons. The highest BCUT2D eigenvalue weighted by molar-refractivity contribution is 9.10. The number of rotatable bonds is 4. The lowest BCUT2D eigenvalue weighted by molar-refractivity contribution is 0.104. The first-order valence-electron chi connectivity index (χ1n) is 7.02. The smallest absolute Gasteiger partial charge is 0.231 e. The van der Waals surface area contributed by atoms with Gasteiger partial charge in [-0.2, -0.15) is 5.26 Å². The zero-order valence-electron chi connectivity index (χ0n) is 12.7. The number of ether oxygens (including phenoxy) is 3. The van der Waals surface area contributed by atoms with Crippen molar-refractivity contribution in [3.05, 3.63) is 57.6 Å². The SMILES string of the molecule is COc1ccc(C(=O)/C(C#N)=C/c2cc(Br)c3c(c2)OCO3)cc1. The molecule has 0 N–H and O–H groups in total. The first kappa shape index (κ1) is 16.1. The van der Waals surface area contributed by atoms with Crippen molar-refractivity contribution < 1.29 is 19.0 Å². The van der Waals surface area contributed by atoms with Crippen LogP contribution < -0.4 is 14.2 Å². The van der Waals surface area contributed by atoms with Crippen molar-refractivity contribution in [2.45, 2.75) is 0 Å². The average Bonchev–Trinajstić information content (AvgIpc) is 3.08. The molecule has 0 bridgehead atoms. The Morgan fingerprint density at radius 3 is 2.71 bits per heavy atom. The Bertz CT molecular complexity index is 866. The molecule has 5 nitrogen and oxygen atoms in total. The van der Waals surface area contributed by atoms with E-state index in [2.05, 4.69) is 15.9 Å². The van der Waals surface area contributed by atoms with E-state index in [1.165, 1.54) is 6.08 Å². The van der Waals surface area contributed by atoms with Crippen LogP contribution in [0.2, 0.25) is 0 Å². The lowest BCUT2D eigenvalue weighted by Crippen LogP contribution is -2.02. The third-order valence-corrected chi connectivity index (χ3v) is 4.07. The quantitative estimate of drug-likeness (QED) is 0.452. The number of halogens is 1. The number of nitriles is 1. The number of Topliss-reactive ketones (excluding diaryl/α,β-unsaturated/α-hetero) is 1. The van der Waals surface area contributed by atoms with Crippen molar-refractivity contribution in [2.75, 3.05) is 13.9 Å². The Hall–Kier alpha value is -2.78. The van der Waals surface area contributed by atoms with Crippen LogP contribution in [0.4, 0.5) is 0 Å². The van der Waals surface area contributed by atoms with Crippen LogP contribution in [0.1, 0.15) is 15.9 Å². The second-order valence-corrected chi connectivity index (χ2v) is 5.82. The number of nitrogens with zero attached hydrogens (tertiary/aromatic N) is 1. The summed E-state index contributed by atoms with van der Waals surface area (Å²) >= 11 is 3.39. The first-order chi connectivity index (χ1) is 11.6. The molecule has 24 heavy (non-hydrogen) atoms. The molecule has 0 fully saturated rings. The molecule has 0 amide bonds. The lowest BCUT2D eigenvalue weighted by Gasteiger charge is -2.04. The van der Waals surface area contributed by atoms with Gasteiger partial charge in [0.25, 0.3) is 0 Å². The van der Waals surface area contributed by atoms with Crippen molar-refractivity contribution in [2.24, 2.45) is 0 Å². The van der Waals surface area contributed by atoms with E-state index in [0.717, 1.165) is 0 Å². The van der Waals surface area contributed by atoms with E-state index < -0.39 is 0 Å². The van der Waals surface area contributed by atoms with Crippen molar-refractivity contribution in [3.63, 3.8) is 0 Å². The van der Waals surface area contributed by atoms with E-state index in [0.29, 0.717) is 32.8 Å². The maximum atomic E-state index is 12.5. The average molecular weight is 386 g/mol. The Morgan fingerprint density at radius 1 is 1.29 bits per heavy atom. The van der Waals surface area contributed by atoms with E-state index in [1.54, 1.807) is 43.5 Å². The third-order valence-electron chi connectivity index (χ3n) is 3.48. The normalized spacial score (nSPS) is 12.6. The topological polar surface area (TPSA) is 68.6 Å². The summed E-state index contributed by atoms with van der Waals surface area (Å²) in [5.41, 5.74) is 1.12. The summed E-state index contributed by atoms with van der Waals surface area (Å²) in [4.78, 5) is 12.5. The van der Waals surface area contributed by atoms with E-state index >= 15 is 0 Å². The number of methoxy groups -OCH3 is 1. The van der Waals surface area contributed by atoms with Crippen LogP contribution in [0.5, 0.6) is 17.2 Å². The predicted octanol–water partition coefficient (Wildman–Crippen LogP) is 3.98. The fourth-order valence-electron chi connectivity index (χ4n) is 2.28. The van der Waals surface area contributed by atoms with Gasteiger partial charge >= 0.3 is 0 Å².